The molecular formula is C7H8O4. The molecule has 0 aromatic carbocycles. The second-order valence-corrected chi connectivity index (χ2v) is 3.38. The minimum atomic E-state index is -0.744. The second kappa shape index (κ2) is 1.59. The van der Waals surface area contributed by atoms with Crippen LogP contribution in [0.1, 0.15) is 6.42 Å². The SMILES string of the molecule is O=C(O)[C@H]1C[C@@H]2O[C@H]1[C@@H]1O[C@@H]12. The fourth-order valence-corrected chi connectivity index (χ4v) is 2.20. The Kier molecular flexibility index (Phi) is 0.863. The van der Waals surface area contributed by atoms with Crippen LogP contribution >= 0.6 is 0 Å². The van der Waals surface area contributed by atoms with E-state index in [2.05, 4.69) is 0 Å². The van der Waals surface area contributed by atoms with Crippen LogP contribution in [0.25, 0.3) is 0 Å². The van der Waals surface area contributed by atoms with Crippen molar-refractivity contribution in [1.82, 2.24) is 0 Å². The smallest absolute Gasteiger partial charge is 0.309 e. The predicted octanol–water partition coefficient (Wildman–Crippen LogP) is -0.374. The van der Waals surface area contributed by atoms with Crippen molar-refractivity contribution in [2.75, 3.05) is 0 Å². The van der Waals surface area contributed by atoms with Crippen LogP contribution in [0.15, 0.2) is 0 Å². The summed E-state index contributed by atoms with van der Waals surface area (Å²) in [4.78, 5) is 10.6. The average Bonchev–Trinajstić information content (AvgIpc) is 2.57. The minimum Gasteiger partial charge on any atom is -0.481 e. The van der Waals surface area contributed by atoms with Crippen LogP contribution in [0.5, 0.6) is 0 Å². The van der Waals surface area contributed by atoms with E-state index < -0.39 is 5.97 Å². The Hall–Kier alpha value is -0.610. The molecule has 0 aromatic rings. The molecule has 3 saturated heterocycles. The molecule has 3 fully saturated rings. The Morgan fingerprint density at radius 3 is 2.64 bits per heavy atom. The Morgan fingerprint density at radius 2 is 2.09 bits per heavy atom. The number of carboxylic acids is 1. The predicted molar refractivity (Wildman–Crippen MR) is 33.1 cm³/mol. The van der Waals surface area contributed by atoms with E-state index in [1.54, 1.807) is 0 Å². The molecule has 0 amide bonds. The molecule has 1 N–H and O–H groups in total. The first-order valence-corrected chi connectivity index (χ1v) is 3.81. The molecule has 0 spiro atoms. The van der Waals surface area contributed by atoms with E-state index in [-0.39, 0.29) is 30.3 Å². The molecule has 0 radical (unpaired) electrons. The topological polar surface area (TPSA) is 59.1 Å². The van der Waals surface area contributed by atoms with Crippen LogP contribution in [0.2, 0.25) is 0 Å². The number of fused-ring (bicyclic) bond motifs is 5. The van der Waals surface area contributed by atoms with Crippen LogP contribution in [0.4, 0.5) is 0 Å². The zero-order valence-corrected chi connectivity index (χ0v) is 5.77. The van der Waals surface area contributed by atoms with Crippen molar-refractivity contribution >= 4 is 5.97 Å². The summed E-state index contributed by atoms with van der Waals surface area (Å²) in [6.45, 7) is 0. The van der Waals surface area contributed by atoms with E-state index in [0.717, 1.165) is 0 Å². The molecule has 4 heteroatoms. The van der Waals surface area contributed by atoms with Crippen LogP contribution in [-0.2, 0) is 14.3 Å². The monoisotopic (exact) mass is 156 g/mol. The van der Waals surface area contributed by atoms with Gasteiger partial charge >= 0.3 is 5.97 Å². The van der Waals surface area contributed by atoms with Gasteiger partial charge in [-0.3, -0.25) is 4.79 Å². The molecule has 0 aliphatic carbocycles. The number of ether oxygens (including phenoxy) is 2. The van der Waals surface area contributed by atoms with Gasteiger partial charge in [-0.05, 0) is 6.42 Å². The van der Waals surface area contributed by atoms with E-state index >= 15 is 0 Å². The fraction of sp³-hybridized carbons (Fsp3) is 0.857. The van der Waals surface area contributed by atoms with Gasteiger partial charge in [-0.15, -0.1) is 0 Å². The fourth-order valence-electron chi connectivity index (χ4n) is 2.20. The lowest BCUT2D eigenvalue weighted by molar-refractivity contribution is -0.143. The van der Waals surface area contributed by atoms with Crippen molar-refractivity contribution in [1.29, 1.82) is 0 Å². The van der Waals surface area contributed by atoms with E-state index in [1.165, 1.54) is 0 Å². The Labute approximate surface area is 63.1 Å². The summed E-state index contributed by atoms with van der Waals surface area (Å²) in [7, 11) is 0. The van der Waals surface area contributed by atoms with Crippen molar-refractivity contribution in [2.24, 2.45) is 5.92 Å². The molecule has 3 aliphatic heterocycles. The third kappa shape index (κ3) is 0.594. The van der Waals surface area contributed by atoms with Gasteiger partial charge in [0, 0.05) is 0 Å². The highest BCUT2D eigenvalue weighted by atomic mass is 16.7. The molecule has 3 heterocycles. The number of hydrogen-bond acceptors (Lipinski definition) is 3. The molecular weight excluding hydrogens is 148 g/mol. The maximum atomic E-state index is 10.6. The van der Waals surface area contributed by atoms with Gasteiger partial charge in [-0.1, -0.05) is 0 Å². The Bertz CT molecular complexity index is 226. The average molecular weight is 156 g/mol. The molecule has 60 valence electrons. The number of hydrogen-bond donors (Lipinski definition) is 1. The molecule has 11 heavy (non-hydrogen) atoms. The van der Waals surface area contributed by atoms with E-state index in [1.807, 2.05) is 0 Å². The third-order valence-corrected chi connectivity index (χ3v) is 2.78. The molecule has 4 nitrogen and oxygen atoms in total. The summed E-state index contributed by atoms with van der Waals surface area (Å²) in [6.07, 6.45) is 0.903. The lowest BCUT2D eigenvalue weighted by Crippen LogP contribution is -2.30. The van der Waals surface area contributed by atoms with E-state index in [0.29, 0.717) is 6.42 Å². The van der Waals surface area contributed by atoms with Gasteiger partial charge < -0.3 is 14.6 Å². The van der Waals surface area contributed by atoms with E-state index in [9.17, 15) is 4.79 Å². The number of carbonyl (C=O) groups is 1. The van der Waals surface area contributed by atoms with Crippen LogP contribution in [0.3, 0.4) is 0 Å². The molecule has 0 aromatic heterocycles. The second-order valence-electron chi connectivity index (χ2n) is 3.38. The van der Waals surface area contributed by atoms with Crippen LogP contribution in [0, 0.1) is 5.92 Å². The minimum absolute atomic E-state index is 0.0751. The summed E-state index contributed by atoms with van der Waals surface area (Å²) in [5.41, 5.74) is 0. The summed E-state index contributed by atoms with van der Waals surface area (Å²) in [5, 5.41) is 8.74. The van der Waals surface area contributed by atoms with Crippen molar-refractivity contribution in [3.05, 3.63) is 0 Å². The number of carboxylic acid groups (broad SMARTS) is 1. The Balaban J connectivity index is 1.87. The molecule has 3 aliphatic rings. The lowest BCUT2D eigenvalue weighted by Gasteiger charge is -2.10. The first-order valence-electron chi connectivity index (χ1n) is 3.81. The van der Waals surface area contributed by atoms with Crippen molar-refractivity contribution in [2.45, 2.75) is 30.8 Å². The lowest BCUT2D eigenvalue weighted by atomic mass is 9.89. The van der Waals surface area contributed by atoms with Crippen molar-refractivity contribution in [3.63, 3.8) is 0 Å². The zero-order chi connectivity index (χ0) is 7.59. The van der Waals surface area contributed by atoms with Crippen molar-refractivity contribution < 1.29 is 19.4 Å². The third-order valence-electron chi connectivity index (χ3n) is 2.78. The molecule has 5 atom stereocenters. The standard InChI is InChI=1S/C7H8O4/c8-7(9)2-1-3-5-6(11-5)4(2)10-3/h2-6H,1H2,(H,8,9)/t2-,3-,4+,5+,6-/m0/s1. The quantitative estimate of drug-likeness (QED) is 0.526. The summed E-state index contributed by atoms with van der Waals surface area (Å²) in [6, 6.07) is 0. The largest absolute Gasteiger partial charge is 0.481 e. The van der Waals surface area contributed by atoms with Gasteiger partial charge in [-0.25, -0.2) is 0 Å². The first kappa shape index (κ1) is 5.97. The highest BCUT2D eigenvalue weighted by Crippen LogP contribution is 2.50. The summed E-state index contributed by atoms with van der Waals surface area (Å²) in [5.74, 6) is -1.06. The van der Waals surface area contributed by atoms with Gasteiger partial charge in [0.05, 0.1) is 12.0 Å². The molecule has 0 unspecified atom stereocenters. The normalized spacial score (nSPS) is 57.6. The van der Waals surface area contributed by atoms with Gasteiger partial charge in [0.2, 0.25) is 0 Å². The Morgan fingerprint density at radius 1 is 1.27 bits per heavy atom. The zero-order valence-electron chi connectivity index (χ0n) is 5.77. The van der Waals surface area contributed by atoms with Gasteiger partial charge in [0.1, 0.15) is 18.3 Å². The number of aliphatic carboxylic acids is 1. The van der Waals surface area contributed by atoms with E-state index in [4.69, 9.17) is 14.6 Å². The summed E-state index contributed by atoms with van der Waals surface area (Å²) >= 11 is 0. The van der Waals surface area contributed by atoms with Gasteiger partial charge in [0.25, 0.3) is 0 Å². The van der Waals surface area contributed by atoms with Gasteiger partial charge in [0.15, 0.2) is 0 Å². The number of rotatable bonds is 1. The molecule has 0 saturated carbocycles. The van der Waals surface area contributed by atoms with Crippen LogP contribution in [-0.4, -0.2) is 35.5 Å². The van der Waals surface area contributed by atoms with Crippen molar-refractivity contribution in [3.8, 4) is 0 Å². The first-order chi connectivity index (χ1) is 5.27. The molecule has 3 rings (SSSR count). The highest BCUT2D eigenvalue weighted by Gasteiger charge is 2.66. The number of epoxide rings is 1. The van der Waals surface area contributed by atoms with Gasteiger partial charge in [-0.2, -0.15) is 0 Å². The maximum absolute atomic E-state index is 10.6. The summed E-state index contributed by atoms with van der Waals surface area (Å²) < 4.78 is 10.6. The maximum Gasteiger partial charge on any atom is 0.309 e. The van der Waals surface area contributed by atoms with Crippen LogP contribution < -0.4 is 0 Å². The molecule has 2 bridgehead atoms. The highest BCUT2D eigenvalue weighted by molar-refractivity contribution is 5.72.